The van der Waals surface area contributed by atoms with Gasteiger partial charge in [-0.2, -0.15) is 13.2 Å². The van der Waals surface area contributed by atoms with Gasteiger partial charge in [0.2, 0.25) is 5.95 Å². The quantitative estimate of drug-likeness (QED) is 0.535. The van der Waals surface area contributed by atoms with Crippen molar-refractivity contribution in [3.05, 3.63) is 18.0 Å². The summed E-state index contributed by atoms with van der Waals surface area (Å²) in [5.74, 6) is 0.175. The molecule has 0 radical (unpaired) electrons. The third-order valence-corrected chi connectivity index (χ3v) is 1.90. The van der Waals surface area contributed by atoms with Gasteiger partial charge < -0.3 is 5.32 Å². The van der Waals surface area contributed by atoms with E-state index in [0.717, 1.165) is 12.4 Å². The van der Waals surface area contributed by atoms with E-state index < -0.39 is 11.7 Å². The van der Waals surface area contributed by atoms with Crippen LogP contribution >= 0.6 is 0 Å². The van der Waals surface area contributed by atoms with E-state index in [1.807, 2.05) is 13.8 Å². The highest BCUT2D eigenvalue weighted by molar-refractivity contribution is 5.25. The average Bonchev–Trinajstić information content (AvgIpc) is 2.27. The summed E-state index contributed by atoms with van der Waals surface area (Å²) in [6, 6.07) is 0.312. The highest BCUT2D eigenvalue weighted by Crippen LogP contribution is 2.27. The minimum atomic E-state index is -4.40. The predicted octanol–water partition coefficient (Wildman–Crippen LogP) is 1.41. The Balaban J connectivity index is 2.31. The van der Waals surface area contributed by atoms with E-state index in [0.29, 0.717) is 19.1 Å². The SMILES string of the molecule is CC(C)NNCCNc1ncc(C(F)(F)F)cn1. The maximum Gasteiger partial charge on any atom is 0.419 e. The second-order valence-corrected chi connectivity index (χ2v) is 3.95. The van der Waals surface area contributed by atoms with Crippen molar-refractivity contribution in [3.8, 4) is 0 Å². The van der Waals surface area contributed by atoms with Crippen LogP contribution in [0.15, 0.2) is 12.4 Å². The van der Waals surface area contributed by atoms with Crippen molar-refractivity contribution in [2.45, 2.75) is 26.1 Å². The van der Waals surface area contributed by atoms with Crippen molar-refractivity contribution >= 4 is 5.95 Å². The zero-order valence-corrected chi connectivity index (χ0v) is 10.2. The lowest BCUT2D eigenvalue weighted by atomic mass is 10.3. The number of alkyl halides is 3. The Kier molecular flexibility index (Phi) is 5.29. The van der Waals surface area contributed by atoms with Crippen LogP contribution in [0.25, 0.3) is 0 Å². The minimum Gasteiger partial charge on any atom is -0.353 e. The molecule has 1 heterocycles. The molecular formula is C10H16F3N5. The number of hydrogen-bond acceptors (Lipinski definition) is 5. The van der Waals surface area contributed by atoms with Crippen LogP contribution < -0.4 is 16.2 Å². The van der Waals surface area contributed by atoms with Crippen molar-refractivity contribution < 1.29 is 13.2 Å². The van der Waals surface area contributed by atoms with E-state index in [-0.39, 0.29) is 5.95 Å². The van der Waals surface area contributed by atoms with Crippen LogP contribution in [-0.4, -0.2) is 29.1 Å². The molecule has 5 nitrogen and oxygen atoms in total. The normalized spacial score (nSPS) is 11.9. The lowest BCUT2D eigenvalue weighted by molar-refractivity contribution is -0.138. The van der Waals surface area contributed by atoms with Crippen LogP contribution in [0.2, 0.25) is 0 Å². The molecular weight excluding hydrogens is 247 g/mol. The molecule has 0 aliphatic heterocycles. The molecule has 0 unspecified atom stereocenters. The van der Waals surface area contributed by atoms with Crippen LogP contribution in [0, 0.1) is 0 Å². The summed E-state index contributed by atoms with van der Waals surface area (Å²) in [5.41, 5.74) is 5.07. The maximum absolute atomic E-state index is 12.2. The topological polar surface area (TPSA) is 61.9 Å². The number of hydrogen-bond donors (Lipinski definition) is 3. The Labute approximate surface area is 103 Å². The summed E-state index contributed by atoms with van der Waals surface area (Å²) in [6.07, 6.45) is -2.88. The van der Waals surface area contributed by atoms with Gasteiger partial charge >= 0.3 is 6.18 Å². The Hall–Kier alpha value is -1.41. The van der Waals surface area contributed by atoms with Gasteiger partial charge in [0.15, 0.2) is 0 Å². The first kappa shape index (κ1) is 14.7. The molecule has 0 amide bonds. The lowest BCUT2D eigenvalue weighted by Crippen LogP contribution is -2.40. The zero-order valence-electron chi connectivity index (χ0n) is 10.2. The Morgan fingerprint density at radius 3 is 2.28 bits per heavy atom. The average molecular weight is 263 g/mol. The van der Waals surface area contributed by atoms with Gasteiger partial charge in [0.25, 0.3) is 0 Å². The van der Waals surface area contributed by atoms with Crippen LogP contribution in [0.3, 0.4) is 0 Å². The number of rotatable bonds is 6. The Morgan fingerprint density at radius 1 is 1.17 bits per heavy atom. The molecule has 0 fully saturated rings. The molecule has 0 spiro atoms. The van der Waals surface area contributed by atoms with Gasteiger partial charge in [-0.25, -0.2) is 9.97 Å². The number of aromatic nitrogens is 2. The summed E-state index contributed by atoms with van der Waals surface area (Å²) in [6.45, 7) is 5.08. The van der Waals surface area contributed by atoms with Gasteiger partial charge in [-0.15, -0.1) is 0 Å². The molecule has 0 aliphatic rings. The smallest absolute Gasteiger partial charge is 0.353 e. The van der Waals surface area contributed by atoms with Crippen molar-refractivity contribution in [1.82, 2.24) is 20.8 Å². The van der Waals surface area contributed by atoms with Crippen LogP contribution in [-0.2, 0) is 6.18 Å². The molecule has 102 valence electrons. The van der Waals surface area contributed by atoms with Crippen molar-refractivity contribution in [1.29, 1.82) is 0 Å². The van der Waals surface area contributed by atoms with Crippen LogP contribution in [0.4, 0.5) is 19.1 Å². The highest BCUT2D eigenvalue weighted by Gasteiger charge is 2.31. The summed E-state index contributed by atoms with van der Waals surface area (Å²) in [4.78, 5) is 7.17. The largest absolute Gasteiger partial charge is 0.419 e. The Morgan fingerprint density at radius 2 is 1.78 bits per heavy atom. The standard InChI is InChI=1S/C10H16F3N5/c1-7(2)18-17-4-3-14-9-15-5-8(6-16-9)10(11,12)13/h5-7,17-18H,3-4H2,1-2H3,(H,14,15,16). The third-order valence-electron chi connectivity index (χ3n) is 1.90. The highest BCUT2D eigenvalue weighted by atomic mass is 19.4. The fraction of sp³-hybridized carbons (Fsp3) is 0.600. The van der Waals surface area contributed by atoms with E-state index in [1.165, 1.54) is 0 Å². The molecule has 8 heteroatoms. The number of nitrogens with one attached hydrogen (secondary N) is 3. The second-order valence-electron chi connectivity index (χ2n) is 3.95. The monoisotopic (exact) mass is 263 g/mol. The van der Waals surface area contributed by atoms with Crippen molar-refractivity contribution in [2.75, 3.05) is 18.4 Å². The number of hydrazine groups is 1. The van der Waals surface area contributed by atoms with Gasteiger partial charge in [0.05, 0.1) is 5.56 Å². The van der Waals surface area contributed by atoms with Crippen LogP contribution in [0.5, 0.6) is 0 Å². The number of anilines is 1. The molecule has 1 rings (SSSR count). The fourth-order valence-corrected chi connectivity index (χ4v) is 1.08. The lowest BCUT2D eigenvalue weighted by Gasteiger charge is -2.10. The van der Waals surface area contributed by atoms with E-state index >= 15 is 0 Å². The first-order valence-corrected chi connectivity index (χ1v) is 5.51. The molecule has 0 bridgehead atoms. The molecule has 1 aromatic heterocycles. The second kappa shape index (κ2) is 6.50. The summed E-state index contributed by atoms with van der Waals surface area (Å²) in [7, 11) is 0. The number of halogens is 3. The Bertz CT molecular complexity index is 350. The van der Waals surface area contributed by atoms with Gasteiger partial charge in [-0.05, 0) is 13.8 Å². The summed E-state index contributed by atoms with van der Waals surface area (Å²) >= 11 is 0. The molecule has 0 saturated heterocycles. The van der Waals surface area contributed by atoms with Gasteiger partial charge in [-0.1, -0.05) is 0 Å². The maximum atomic E-state index is 12.2. The van der Waals surface area contributed by atoms with Gasteiger partial charge in [0, 0.05) is 31.5 Å². The van der Waals surface area contributed by atoms with E-state index in [4.69, 9.17) is 0 Å². The molecule has 3 N–H and O–H groups in total. The molecule has 0 aliphatic carbocycles. The first-order valence-electron chi connectivity index (χ1n) is 5.51. The van der Waals surface area contributed by atoms with Crippen LogP contribution in [0.1, 0.15) is 19.4 Å². The third kappa shape index (κ3) is 5.28. The summed E-state index contributed by atoms with van der Waals surface area (Å²) in [5, 5.41) is 2.80. The van der Waals surface area contributed by atoms with Crippen molar-refractivity contribution in [3.63, 3.8) is 0 Å². The summed E-state index contributed by atoms with van der Waals surface area (Å²) < 4.78 is 36.7. The molecule has 0 saturated carbocycles. The molecule has 18 heavy (non-hydrogen) atoms. The predicted molar refractivity (Wildman–Crippen MR) is 61.8 cm³/mol. The molecule has 0 aromatic carbocycles. The van der Waals surface area contributed by atoms with E-state index in [2.05, 4.69) is 26.1 Å². The first-order chi connectivity index (χ1) is 8.39. The molecule has 1 aromatic rings. The van der Waals surface area contributed by atoms with Gasteiger partial charge in [0.1, 0.15) is 0 Å². The minimum absolute atomic E-state index is 0.175. The fourth-order valence-electron chi connectivity index (χ4n) is 1.08. The van der Waals surface area contributed by atoms with Gasteiger partial charge in [-0.3, -0.25) is 10.9 Å². The van der Waals surface area contributed by atoms with Crippen molar-refractivity contribution in [2.24, 2.45) is 0 Å². The van der Waals surface area contributed by atoms with E-state index in [1.54, 1.807) is 0 Å². The number of nitrogens with zero attached hydrogens (tertiary/aromatic N) is 2. The van der Waals surface area contributed by atoms with E-state index in [9.17, 15) is 13.2 Å². The molecule has 0 atom stereocenters. The zero-order chi connectivity index (χ0) is 13.6.